The summed E-state index contributed by atoms with van der Waals surface area (Å²) in [6.07, 6.45) is 4.72. The van der Waals surface area contributed by atoms with Crippen molar-refractivity contribution in [1.29, 1.82) is 0 Å². The predicted octanol–water partition coefficient (Wildman–Crippen LogP) is 0.810. The largest absolute Gasteiger partial charge is 0.339 e. The highest BCUT2D eigenvalue weighted by Crippen LogP contribution is 2.23. The molecule has 1 atom stereocenters. The van der Waals surface area contributed by atoms with E-state index in [1.54, 1.807) is 14.7 Å². The first kappa shape index (κ1) is 19.0. The summed E-state index contributed by atoms with van der Waals surface area (Å²) < 4.78 is 0. The standard InChI is InChI=1S/C21H23N5O3/c27-19-12-17(15-26(19)14-16-4-2-1-3-5-16)20(28)24-8-10-25(11-9-24)21(29)18-13-22-6-7-23-18/h1-7,13,17H,8-12,14-15H2. The molecule has 1 unspecified atom stereocenters. The normalized spacial score (nSPS) is 19.5. The lowest BCUT2D eigenvalue weighted by Gasteiger charge is -2.35. The molecule has 2 saturated heterocycles. The van der Waals surface area contributed by atoms with Gasteiger partial charge in [-0.05, 0) is 5.56 Å². The van der Waals surface area contributed by atoms with E-state index < -0.39 is 0 Å². The number of rotatable bonds is 4. The topological polar surface area (TPSA) is 86.7 Å². The van der Waals surface area contributed by atoms with Crippen LogP contribution in [0.1, 0.15) is 22.5 Å². The molecule has 150 valence electrons. The number of carbonyl (C=O) groups excluding carboxylic acids is 3. The first-order valence-electron chi connectivity index (χ1n) is 9.77. The number of carbonyl (C=O) groups is 3. The van der Waals surface area contributed by atoms with Gasteiger partial charge in [-0.25, -0.2) is 4.98 Å². The zero-order chi connectivity index (χ0) is 20.2. The van der Waals surface area contributed by atoms with Crippen molar-refractivity contribution in [2.45, 2.75) is 13.0 Å². The van der Waals surface area contributed by atoms with Crippen molar-refractivity contribution in [2.75, 3.05) is 32.7 Å². The number of nitrogens with zero attached hydrogens (tertiary/aromatic N) is 5. The van der Waals surface area contributed by atoms with Gasteiger partial charge >= 0.3 is 0 Å². The molecule has 0 bridgehead atoms. The third-order valence-electron chi connectivity index (χ3n) is 5.44. The van der Waals surface area contributed by atoms with E-state index in [0.29, 0.717) is 45.0 Å². The van der Waals surface area contributed by atoms with Crippen LogP contribution in [0, 0.1) is 5.92 Å². The first-order valence-corrected chi connectivity index (χ1v) is 9.77. The minimum absolute atomic E-state index is 0.000475. The summed E-state index contributed by atoms with van der Waals surface area (Å²) in [5.74, 6) is -0.465. The fourth-order valence-electron chi connectivity index (χ4n) is 3.85. The van der Waals surface area contributed by atoms with Crippen LogP contribution in [-0.2, 0) is 16.1 Å². The molecule has 3 heterocycles. The lowest BCUT2D eigenvalue weighted by molar-refractivity contribution is -0.137. The van der Waals surface area contributed by atoms with Crippen molar-refractivity contribution in [2.24, 2.45) is 5.92 Å². The molecule has 8 heteroatoms. The number of amides is 3. The van der Waals surface area contributed by atoms with Gasteiger partial charge in [-0.15, -0.1) is 0 Å². The molecule has 2 aliphatic rings. The van der Waals surface area contributed by atoms with E-state index in [1.165, 1.54) is 18.6 Å². The molecule has 1 aromatic heterocycles. The van der Waals surface area contributed by atoms with Crippen LogP contribution in [0.3, 0.4) is 0 Å². The summed E-state index contributed by atoms with van der Waals surface area (Å²) in [5.41, 5.74) is 1.37. The maximum atomic E-state index is 12.9. The maximum absolute atomic E-state index is 12.9. The van der Waals surface area contributed by atoms with Gasteiger partial charge in [-0.1, -0.05) is 30.3 Å². The molecule has 0 spiro atoms. The molecule has 0 N–H and O–H groups in total. The van der Waals surface area contributed by atoms with Crippen LogP contribution in [0.15, 0.2) is 48.9 Å². The smallest absolute Gasteiger partial charge is 0.274 e. The minimum atomic E-state index is -0.312. The van der Waals surface area contributed by atoms with E-state index in [-0.39, 0.29) is 30.1 Å². The second kappa shape index (κ2) is 8.38. The van der Waals surface area contributed by atoms with Gasteiger partial charge in [0, 0.05) is 58.1 Å². The van der Waals surface area contributed by atoms with E-state index in [4.69, 9.17) is 0 Å². The molecule has 3 amide bonds. The summed E-state index contributed by atoms with van der Waals surface area (Å²) >= 11 is 0. The molecular formula is C21H23N5O3. The van der Waals surface area contributed by atoms with Crippen molar-refractivity contribution in [3.05, 3.63) is 60.2 Å². The summed E-state index contributed by atoms with van der Waals surface area (Å²) in [7, 11) is 0. The number of piperazine rings is 1. The van der Waals surface area contributed by atoms with Crippen LogP contribution in [0.25, 0.3) is 0 Å². The van der Waals surface area contributed by atoms with Gasteiger partial charge in [0.1, 0.15) is 5.69 Å². The maximum Gasteiger partial charge on any atom is 0.274 e. The molecule has 29 heavy (non-hydrogen) atoms. The van der Waals surface area contributed by atoms with Gasteiger partial charge in [-0.3, -0.25) is 19.4 Å². The van der Waals surface area contributed by atoms with Gasteiger partial charge in [0.25, 0.3) is 5.91 Å². The van der Waals surface area contributed by atoms with E-state index in [1.807, 2.05) is 30.3 Å². The second-order valence-corrected chi connectivity index (χ2v) is 7.37. The van der Waals surface area contributed by atoms with Crippen LogP contribution < -0.4 is 0 Å². The molecule has 2 fully saturated rings. The van der Waals surface area contributed by atoms with Gasteiger partial charge in [0.05, 0.1) is 12.1 Å². The van der Waals surface area contributed by atoms with E-state index in [0.717, 1.165) is 5.56 Å². The van der Waals surface area contributed by atoms with Crippen molar-refractivity contribution < 1.29 is 14.4 Å². The number of hydrogen-bond donors (Lipinski definition) is 0. The van der Waals surface area contributed by atoms with Crippen molar-refractivity contribution in [3.8, 4) is 0 Å². The number of hydrogen-bond acceptors (Lipinski definition) is 5. The summed E-state index contributed by atoms with van der Waals surface area (Å²) in [6.45, 7) is 2.82. The lowest BCUT2D eigenvalue weighted by Crippen LogP contribution is -2.52. The highest BCUT2D eigenvalue weighted by atomic mass is 16.2. The Bertz CT molecular complexity index is 882. The molecule has 2 aromatic rings. The van der Waals surface area contributed by atoms with Crippen LogP contribution in [0.4, 0.5) is 0 Å². The van der Waals surface area contributed by atoms with Crippen LogP contribution in [0.2, 0.25) is 0 Å². The Balaban J connectivity index is 1.31. The lowest BCUT2D eigenvalue weighted by atomic mass is 10.1. The second-order valence-electron chi connectivity index (χ2n) is 7.37. The quantitative estimate of drug-likeness (QED) is 0.767. The zero-order valence-electron chi connectivity index (χ0n) is 16.1. The Morgan fingerprint density at radius 2 is 1.72 bits per heavy atom. The number of aromatic nitrogens is 2. The van der Waals surface area contributed by atoms with E-state index in [9.17, 15) is 14.4 Å². The number of likely N-dealkylation sites (tertiary alicyclic amines) is 1. The fraction of sp³-hybridized carbons (Fsp3) is 0.381. The van der Waals surface area contributed by atoms with E-state index in [2.05, 4.69) is 9.97 Å². The molecule has 0 radical (unpaired) electrons. The molecule has 1 aromatic carbocycles. The molecule has 0 saturated carbocycles. The Kier molecular flexibility index (Phi) is 5.50. The van der Waals surface area contributed by atoms with Crippen molar-refractivity contribution in [1.82, 2.24) is 24.7 Å². The summed E-state index contributed by atoms with van der Waals surface area (Å²) in [6, 6.07) is 9.79. The number of benzene rings is 1. The van der Waals surface area contributed by atoms with Gasteiger partial charge < -0.3 is 14.7 Å². The van der Waals surface area contributed by atoms with Crippen molar-refractivity contribution in [3.63, 3.8) is 0 Å². The van der Waals surface area contributed by atoms with E-state index >= 15 is 0 Å². The molecule has 4 rings (SSSR count). The van der Waals surface area contributed by atoms with Gasteiger partial charge in [0.2, 0.25) is 11.8 Å². The third-order valence-corrected chi connectivity index (χ3v) is 5.44. The first-order chi connectivity index (χ1) is 14.1. The molecule has 2 aliphatic heterocycles. The summed E-state index contributed by atoms with van der Waals surface area (Å²) in [4.78, 5) is 50.9. The highest BCUT2D eigenvalue weighted by Gasteiger charge is 2.37. The van der Waals surface area contributed by atoms with Crippen LogP contribution in [0.5, 0.6) is 0 Å². The van der Waals surface area contributed by atoms with Crippen molar-refractivity contribution >= 4 is 17.7 Å². The Morgan fingerprint density at radius 3 is 2.41 bits per heavy atom. The molecular weight excluding hydrogens is 370 g/mol. The summed E-state index contributed by atoms with van der Waals surface area (Å²) in [5, 5.41) is 0. The van der Waals surface area contributed by atoms with Crippen LogP contribution >= 0.6 is 0 Å². The highest BCUT2D eigenvalue weighted by molar-refractivity contribution is 5.92. The molecule has 8 nitrogen and oxygen atoms in total. The Labute approximate surface area is 169 Å². The Hall–Kier alpha value is -3.29. The fourth-order valence-corrected chi connectivity index (χ4v) is 3.85. The third kappa shape index (κ3) is 4.26. The van der Waals surface area contributed by atoms with Gasteiger partial charge in [0.15, 0.2) is 0 Å². The van der Waals surface area contributed by atoms with Gasteiger partial charge in [-0.2, -0.15) is 0 Å². The zero-order valence-corrected chi connectivity index (χ0v) is 16.1. The molecule has 0 aliphatic carbocycles. The SMILES string of the molecule is O=C1CC(C(=O)N2CCN(C(=O)c3cnccn3)CC2)CN1Cc1ccccc1. The Morgan fingerprint density at radius 1 is 1.00 bits per heavy atom. The minimum Gasteiger partial charge on any atom is -0.339 e. The average Bonchev–Trinajstić information content (AvgIpc) is 3.14. The predicted molar refractivity (Wildman–Crippen MR) is 104 cm³/mol. The monoisotopic (exact) mass is 393 g/mol. The average molecular weight is 393 g/mol. The van der Waals surface area contributed by atoms with Crippen LogP contribution in [-0.4, -0.2) is 75.1 Å².